The molecule has 1 fully saturated rings. The van der Waals surface area contributed by atoms with Crippen molar-refractivity contribution in [2.75, 3.05) is 0 Å². The van der Waals surface area contributed by atoms with E-state index in [1.165, 1.54) is 0 Å². The van der Waals surface area contributed by atoms with E-state index in [0.29, 0.717) is 12.8 Å². The second-order valence-corrected chi connectivity index (χ2v) is 4.61. The third-order valence-corrected chi connectivity index (χ3v) is 3.28. The van der Waals surface area contributed by atoms with E-state index in [9.17, 15) is 9.59 Å². The second kappa shape index (κ2) is 3.94. The maximum atomic E-state index is 11.9. The molecule has 1 aromatic heterocycles. The van der Waals surface area contributed by atoms with Gasteiger partial charge in [0.05, 0.1) is 17.4 Å². The van der Waals surface area contributed by atoms with Gasteiger partial charge in [0.1, 0.15) is 6.04 Å². The summed E-state index contributed by atoms with van der Waals surface area (Å²) in [5, 5.41) is 2.37. The largest absolute Gasteiger partial charge is 0.318 e. The Kier molecular flexibility index (Phi) is 2.40. The van der Waals surface area contributed by atoms with Crippen molar-refractivity contribution >= 4 is 22.8 Å². The first-order chi connectivity index (χ1) is 8.65. The van der Waals surface area contributed by atoms with Gasteiger partial charge < -0.3 is 4.57 Å². The molecular weight excluding hydrogens is 230 g/mol. The second-order valence-electron chi connectivity index (χ2n) is 4.61. The molecule has 1 aliphatic rings. The molecule has 2 heterocycles. The van der Waals surface area contributed by atoms with Crippen molar-refractivity contribution in [2.24, 2.45) is 0 Å². The molecule has 0 bridgehead atoms. The SMILES string of the molecule is Cc1ccc2ncn(C3CCC(=O)NC3=O)c2c1. The van der Waals surface area contributed by atoms with Gasteiger partial charge in [-0.25, -0.2) is 4.98 Å². The van der Waals surface area contributed by atoms with Crippen LogP contribution < -0.4 is 5.32 Å². The van der Waals surface area contributed by atoms with E-state index in [1.54, 1.807) is 6.33 Å². The number of rotatable bonds is 1. The predicted molar refractivity (Wildman–Crippen MR) is 65.9 cm³/mol. The van der Waals surface area contributed by atoms with E-state index in [-0.39, 0.29) is 17.9 Å². The van der Waals surface area contributed by atoms with Crippen molar-refractivity contribution in [3.05, 3.63) is 30.1 Å². The van der Waals surface area contributed by atoms with Crippen molar-refractivity contribution in [1.82, 2.24) is 14.9 Å². The van der Waals surface area contributed by atoms with Crippen molar-refractivity contribution in [3.63, 3.8) is 0 Å². The van der Waals surface area contributed by atoms with Crippen LogP contribution >= 0.6 is 0 Å². The number of nitrogens with one attached hydrogen (secondary N) is 1. The van der Waals surface area contributed by atoms with Gasteiger partial charge in [0.15, 0.2) is 0 Å². The van der Waals surface area contributed by atoms with Gasteiger partial charge in [-0.3, -0.25) is 14.9 Å². The summed E-state index contributed by atoms with van der Waals surface area (Å²) in [5.74, 6) is -0.441. The van der Waals surface area contributed by atoms with Crippen LogP contribution in [0.25, 0.3) is 11.0 Å². The summed E-state index contributed by atoms with van der Waals surface area (Å²) in [4.78, 5) is 27.3. The van der Waals surface area contributed by atoms with Gasteiger partial charge in [-0.15, -0.1) is 0 Å². The zero-order valence-corrected chi connectivity index (χ0v) is 10.0. The van der Waals surface area contributed by atoms with Gasteiger partial charge in [-0.1, -0.05) is 6.07 Å². The molecule has 2 aromatic rings. The Bertz CT molecular complexity index is 645. The normalized spacial score (nSPS) is 20.2. The molecule has 0 saturated carbocycles. The maximum absolute atomic E-state index is 11.9. The quantitative estimate of drug-likeness (QED) is 0.768. The number of aromatic nitrogens is 2. The van der Waals surface area contributed by atoms with E-state index in [1.807, 2.05) is 29.7 Å². The fraction of sp³-hybridized carbons (Fsp3) is 0.308. The van der Waals surface area contributed by atoms with Crippen LogP contribution in [-0.4, -0.2) is 21.4 Å². The fourth-order valence-electron chi connectivity index (χ4n) is 2.33. The van der Waals surface area contributed by atoms with E-state index < -0.39 is 0 Å². The molecule has 3 rings (SSSR count). The Balaban J connectivity index is 2.06. The summed E-state index contributed by atoms with van der Waals surface area (Å²) in [6, 6.07) is 5.60. The molecular formula is C13H13N3O2. The van der Waals surface area contributed by atoms with E-state index in [0.717, 1.165) is 16.6 Å². The number of hydrogen-bond acceptors (Lipinski definition) is 3. The molecule has 1 unspecified atom stereocenters. The minimum atomic E-state index is -0.338. The molecule has 1 N–H and O–H groups in total. The van der Waals surface area contributed by atoms with Crippen molar-refractivity contribution in [1.29, 1.82) is 0 Å². The van der Waals surface area contributed by atoms with Crippen LogP contribution in [0.2, 0.25) is 0 Å². The molecule has 1 atom stereocenters. The molecule has 18 heavy (non-hydrogen) atoms. The number of imidazole rings is 1. The number of aryl methyl sites for hydroxylation is 1. The highest BCUT2D eigenvalue weighted by Crippen LogP contribution is 2.24. The highest BCUT2D eigenvalue weighted by molar-refractivity contribution is 6.00. The fourth-order valence-corrected chi connectivity index (χ4v) is 2.33. The van der Waals surface area contributed by atoms with E-state index in [4.69, 9.17) is 0 Å². The number of fused-ring (bicyclic) bond motifs is 1. The van der Waals surface area contributed by atoms with Crippen molar-refractivity contribution in [2.45, 2.75) is 25.8 Å². The summed E-state index contributed by atoms with van der Waals surface area (Å²) in [5.41, 5.74) is 2.92. The highest BCUT2D eigenvalue weighted by Gasteiger charge is 2.28. The van der Waals surface area contributed by atoms with Gasteiger partial charge in [0, 0.05) is 6.42 Å². The predicted octanol–water partition coefficient (Wildman–Crippen LogP) is 1.32. The zero-order valence-electron chi connectivity index (χ0n) is 10.0. The van der Waals surface area contributed by atoms with Crippen molar-refractivity contribution in [3.8, 4) is 0 Å². The first kappa shape index (κ1) is 11.0. The van der Waals surface area contributed by atoms with Crippen LogP contribution in [0, 0.1) is 6.92 Å². The number of nitrogens with zero attached hydrogens (tertiary/aromatic N) is 2. The van der Waals surface area contributed by atoms with Crippen LogP contribution in [0.15, 0.2) is 24.5 Å². The topological polar surface area (TPSA) is 64.0 Å². The molecule has 2 amide bonds. The van der Waals surface area contributed by atoms with Gasteiger partial charge in [0.2, 0.25) is 11.8 Å². The minimum Gasteiger partial charge on any atom is -0.318 e. The van der Waals surface area contributed by atoms with Gasteiger partial charge in [0.25, 0.3) is 0 Å². The summed E-state index contributed by atoms with van der Waals surface area (Å²) < 4.78 is 1.85. The number of hydrogen-bond donors (Lipinski definition) is 1. The molecule has 92 valence electrons. The monoisotopic (exact) mass is 243 g/mol. The Morgan fingerprint density at radius 3 is 3.00 bits per heavy atom. The average molecular weight is 243 g/mol. The molecule has 5 heteroatoms. The molecule has 1 saturated heterocycles. The highest BCUT2D eigenvalue weighted by atomic mass is 16.2. The van der Waals surface area contributed by atoms with Crippen molar-refractivity contribution < 1.29 is 9.59 Å². The lowest BCUT2D eigenvalue weighted by molar-refractivity contribution is -0.135. The van der Waals surface area contributed by atoms with Gasteiger partial charge in [-0.05, 0) is 31.0 Å². The van der Waals surface area contributed by atoms with E-state index in [2.05, 4.69) is 10.3 Å². The lowest BCUT2D eigenvalue weighted by Crippen LogP contribution is -2.41. The summed E-state index contributed by atoms with van der Waals surface area (Å²) >= 11 is 0. The Hall–Kier alpha value is -2.17. The molecule has 1 aromatic carbocycles. The standard InChI is InChI=1S/C13H13N3O2/c1-8-2-3-9-11(6-8)16(7-14-9)10-4-5-12(17)15-13(10)18/h2-3,6-7,10H,4-5H2,1H3,(H,15,17,18). The molecule has 0 radical (unpaired) electrons. The summed E-state index contributed by atoms with van der Waals surface area (Å²) in [7, 11) is 0. The van der Waals surface area contributed by atoms with Crippen LogP contribution in [0.5, 0.6) is 0 Å². The Labute approximate surface area is 104 Å². The molecule has 0 aliphatic carbocycles. The number of benzene rings is 1. The summed E-state index contributed by atoms with van der Waals surface area (Å²) in [6.45, 7) is 2.00. The smallest absolute Gasteiger partial charge is 0.249 e. The van der Waals surface area contributed by atoms with Crippen LogP contribution in [0.3, 0.4) is 0 Å². The lowest BCUT2D eigenvalue weighted by atomic mass is 10.1. The molecule has 5 nitrogen and oxygen atoms in total. The third kappa shape index (κ3) is 1.68. The number of amides is 2. The first-order valence-electron chi connectivity index (χ1n) is 5.92. The lowest BCUT2D eigenvalue weighted by Gasteiger charge is -2.22. The van der Waals surface area contributed by atoms with Gasteiger partial charge >= 0.3 is 0 Å². The number of imide groups is 1. The zero-order chi connectivity index (χ0) is 12.7. The third-order valence-electron chi connectivity index (χ3n) is 3.28. The number of carbonyl (C=O) groups is 2. The van der Waals surface area contributed by atoms with Gasteiger partial charge in [-0.2, -0.15) is 0 Å². The van der Waals surface area contributed by atoms with Crippen LogP contribution in [-0.2, 0) is 9.59 Å². The van der Waals surface area contributed by atoms with E-state index >= 15 is 0 Å². The Morgan fingerprint density at radius 1 is 1.39 bits per heavy atom. The minimum absolute atomic E-state index is 0.197. The average Bonchev–Trinajstić information content (AvgIpc) is 2.72. The number of piperidine rings is 1. The first-order valence-corrected chi connectivity index (χ1v) is 5.92. The Morgan fingerprint density at radius 2 is 2.22 bits per heavy atom. The molecule has 0 spiro atoms. The number of carbonyl (C=O) groups excluding carboxylic acids is 2. The summed E-state index contributed by atoms with van der Waals surface area (Å²) in [6.07, 6.45) is 2.58. The molecule has 1 aliphatic heterocycles. The van der Waals surface area contributed by atoms with Crippen LogP contribution in [0.1, 0.15) is 24.4 Å². The maximum Gasteiger partial charge on any atom is 0.249 e. The van der Waals surface area contributed by atoms with Crippen LogP contribution in [0.4, 0.5) is 0 Å².